The Labute approximate surface area is 135 Å². The molecule has 4 nitrogen and oxygen atoms in total. The highest BCUT2D eigenvalue weighted by atomic mass is 28.4. The normalized spacial score (nSPS) is 13.9. The molecule has 124 valence electrons. The van der Waals surface area contributed by atoms with Crippen LogP contribution < -0.4 is 10.2 Å². The highest BCUT2D eigenvalue weighted by molar-refractivity contribution is 6.74. The molecule has 0 bridgehead atoms. The maximum Gasteiger partial charge on any atom is 0.488 e. The monoisotopic (exact) mass is 324 g/mol. The van der Waals surface area contributed by atoms with Gasteiger partial charge in [0.15, 0.2) is 8.32 Å². The van der Waals surface area contributed by atoms with Gasteiger partial charge in [0.25, 0.3) is 0 Å². The Balaban J connectivity index is 2.88. The molecule has 0 saturated heterocycles. The van der Waals surface area contributed by atoms with Crippen molar-refractivity contribution in [1.82, 2.24) is 0 Å². The van der Waals surface area contributed by atoms with E-state index in [1.165, 1.54) is 0 Å². The summed E-state index contributed by atoms with van der Waals surface area (Å²) < 4.78 is 11.7. The summed E-state index contributed by atoms with van der Waals surface area (Å²) in [6.45, 7) is 13.9. The van der Waals surface area contributed by atoms with Crippen molar-refractivity contribution in [2.45, 2.75) is 51.7 Å². The fourth-order valence-electron chi connectivity index (χ4n) is 1.94. The molecule has 1 atom stereocenters. The Morgan fingerprint density at radius 1 is 1.23 bits per heavy atom. The van der Waals surface area contributed by atoms with Gasteiger partial charge in [-0.1, -0.05) is 39.8 Å². The molecule has 0 aliphatic rings. The van der Waals surface area contributed by atoms with E-state index in [4.69, 9.17) is 9.16 Å². The zero-order chi connectivity index (χ0) is 17.1. The fourth-order valence-corrected chi connectivity index (χ4v) is 3.03. The molecule has 22 heavy (non-hydrogen) atoms. The van der Waals surface area contributed by atoms with E-state index in [9.17, 15) is 10.0 Å². The Bertz CT molecular complexity index is 497. The molecular formula is C16H29BO4Si. The summed E-state index contributed by atoms with van der Waals surface area (Å²) in [5, 5.41) is 18.7. The highest BCUT2D eigenvalue weighted by Crippen LogP contribution is 2.37. The first-order valence-corrected chi connectivity index (χ1v) is 10.6. The highest BCUT2D eigenvalue weighted by Gasteiger charge is 2.37. The summed E-state index contributed by atoms with van der Waals surface area (Å²) >= 11 is 0. The van der Waals surface area contributed by atoms with Crippen LogP contribution >= 0.6 is 0 Å². The van der Waals surface area contributed by atoms with Gasteiger partial charge in [0, 0.05) is 12.5 Å². The second kappa shape index (κ2) is 7.17. The zero-order valence-electron chi connectivity index (χ0n) is 14.8. The summed E-state index contributed by atoms with van der Waals surface area (Å²) in [6, 6.07) is 5.27. The van der Waals surface area contributed by atoms with Gasteiger partial charge < -0.3 is 19.2 Å². The van der Waals surface area contributed by atoms with Crippen LogP contribution in [0.2, 0.25) is 18.1 Å². The standard InChI is InChI=1S/C16H29BO4Si/c1-12(11-21-22(6,7)16(2,3)4)14-9-8-13(17(18)19)10-15(14)20-5/h8-10,12,18-19H,11H2,1-7H3/t12-/m0/s1. The fraction of sp³-hybridized carbons (Fsp3) is 0.625. The second-order valence-corrected chi connectivity index (χ2v) is 12.2. The molecule has 2 N–H and O–H groups in total. The third-order valence-corrected chi connectivity index (χ3v) is 9.09. The lowest BCUT2D eigenvalue weighted by Crippen LogP contribution is -2.41. The first-order valence-electron chi connectivity index (χ1n) is 7.67. The van der Waals surface area contributed by atoms with Crippen molar-refractivity contribution in [3.05, 3.63) is 23.8 Å². The predicted molar refractivity (Wildman–Crippen MR) is 94.4 cm³/mol. The van der Waals surface area contributed by atoms with Gasteiger partial charge in [0.2, 0.25) is 0 Å². The molecule has 0 amide bonds. The third-order valence-electron chi connectivity index (χ3n) is 4.59. The van der Waals surface area contributed by atoms with Gasteiger partial charge in [-0.15, -0.1) is 0 Å². The van der Waals surface area contributed by atoms with Crippen LogP contribution in [0.5, 0.6) is 5.75 Å². The van der Waals surface area contributed by atoms with Crippen LogP contribution in [0.3, 0.4) is 0 Å². The van der Waals surface area contributed by atoms with Gasteiger partial charge in [0.1, 0.15) is 5.75 Å². The lowest BCUT2D eigenvalue weighted by atomic mass is 9.79. The number of hydrogen-bond acceptors (Lipinski definition) is 4. The summed E-state index contributed by atoms with van der Waals surface area (Å²) in [5.74, 6) is 0.839. The van der Waals surface area contributed by atoms with E-state index in [0.717, 1.165) is 5.56 Å². The smallest absolute Gasteiger partial charge is 0.488 e. The molecule has 0 fully saturated rings. The van der Waals surface area contributed by atoms with Crippen LogP contribution in [0.15, 0.2) is 18.2 Å². The molecule has 0 heterocycles. The lowest BCUT2D eigenvalue weighted by Gasteiger charge is -2.37. The number of ether oxygens (including phenoxy) is 1. The van der Waals surface area contributed by atoms with Gasteiger partial charge in [-0.05, 0) is 35.2 Å². The Kier molecular flexibility index (Phi) is 6.27. The molecule has 0 aromatic heterocycles. The maximum absolute atomic E-state index is 9.25. The van der Waals surface area contributed by atoms with Gasteiger partial charge >= 0.3 is 7.12 Å². The van der Waals surface area contributed by atoms with Crippen LogP contribution in [0.1, 0.15) is 39.2 Å². The molecule has 6 heteroatoms. The topological polar surface area (TPSA) is 58.9 Å². The van der Waals surface area contributed by atoms with Crippen molar-refractivity contribution in [1.29, 1.82) is 0 Å². The summed E-state index contributed by atoms with van der Waals surface area (Å²) in [5.41, 5.74) is 1.45. The number of methoxy groups -OCH3 is 1. The maximum atomic E-state index is 9.25. The lowest BCUT2D eigenvalue weighted by molar-refractivity contribution is 0.266. The van der Waals surface area contributed by atoms with E-state index >= 15 is 0 Å². The van der Waals surface area contributed by atoms with E-state index < -0.39 is 15.4 Å². The van der Waals surface area contributed by atoms with E-state index in [1.807, 2.05) is 6.07 Å². The molecule has 0 unspecified atom stereocenters. The van der Waals surface area contributed by atoms with Crippen molar-refractivity contribution in [2.75, 3.05) is 13.7 Å². The van der Waals surface area contributed by atoms with Crippen LogP contribution in [-0.4, -0.2) is 39.2 Å². The Morgan fingerprint density at radius 2 is 1.82 bits per heavy atom. The largest absolute Gasteiger partial charge is 0.496 e. The van der Waals surface area contributed by atoms with E-state index in [0.29, 0.717) is 17.8 Å². The molecule has 0 spiro atoms. The molecule has 1 aromatic carbocycles. The van der Waals surface area contributed by atoms with Crippen molar-refractivity contribution in [3.8, 4) is 5.75 Å². The first kappa shape index (κ1) is 19.2. The van der Waals surface area contributed by atoms with Crippen LogP contribution in [0.4, 0.5) is 0 Å². The van der Waals surface area contributed by atoms with Crippen LogP contribution in [-0.2, 0) is 4.43 Å². The van der Waals surface area contributed by atoms with Crippen molar-refractivity contribution < 1.29 is 19.2 Å². The molecule has 1 aromatic rings. The minimum absolute atomic E-state index is 0.175. The van der Waals surface area contributed by atoms with Crippen molar-refractivity contribution in [2.24, 2.45) is 0 Å². The zero-order valence-corrected chi connectivity index (χ0v) is 15.8. The number of benzene rings is 1. The predicted octanol–water partition coefficient (Wildman–Crippen LogP) is 2.50. The molecule has 0 aliphatic heterocycles. The second-order valence-electron chi connectivity index (χ2n) is 7.35. The van der Waals surface area contributed by atoms with Crippen molar-refractivity contribution in [3.63, 3.8) is 0 Å². The van der Waals surface area contributed by atoms with Crippen LogP contribution in [0.25, 0.3) is 0 Å². The van der Waals surface area contributed by atoms with E-state index in [-0.39, 0.29) is 11.0 Å². The van der Waals surface area contributed by atoms with E-state index in [2.05, 4.69) is 40.8 Å². The van der Waals surface area contributed by atoms with Gasteiger partial charge in [-0.2, -0.15) is 0 Å². The average Bonchev–Trinajstić information content (AvgIpc) is 2.42. The van der Waals surface area contributed by atoms with Crippen molar-refractivity contribution >= 4 is 20.9 Å². The Morgan fingerprint density at radius 3 is 2.27 bits per heavy atom. The molecule has 0 radical (unpaired) electrons. The molecule has 0 saturated carbocycles. The number of rotatable bonds is 6. The minimum atomic E-state index is -1.78. The molecular weight excluding hydrogens is 295 g/mol. The summed E-state index contributed by atoms with van der Waals surface area (Å²) in [6.07, 6.45) is 0. The van der Waals surface area contributed by atoms with Gasteiger partial charge in [-0.25, -0.2) is 0 Å². The minimum Gasteiger partial charge on any atom is -0.496 e. The molecule has 0 aliphatic carbocycles. The third kappa shape index (κ3) is 4.59. The molecule has 1 rings (SSSR count). The number of hydrogen-bond donors (Lipinski definition) is 2. The van der Waals surface area contributed by atoms with E-state index in [1.54, 1.807) is 19.2 Å². The van der Waals surface area contributed by atoms with Crippen LogP contribution in [0, 0.1) is 0 Å². The first-order chi connectivity index (χ1) is 9.99. The Hall–Kier alpha value is -0.818. The van der Waals surface area contributed by atoms with Gasteiger partial charge in [-0.3, -0.25) is 0 Å². The summed E-state index contributed by atoms with van der Waals surface area (Å²) in [4.78, 5) is 0. The SMILES string of the molecule is COc1cc(B(O)O)ccc1[C@@H](C)CO[Si](C)(C)C(C)(C)C. The summed E-state index contributed by atoms with van der Waals surface area (Å²) in [7, 11) is -1.67. The quantitative estimate of drug-likeness (QED) is 0.790. The average molecular weight is 324 g/mol. The van der Waals surface area contributed by atoms with Gasteiger partial charge in [0.05, 0.1) is 7.11 Å².